The van der Waals surface area contributed by atoms with Crippen LogP contribution < -0.4 is 10.9 Å². The largest absolute Gasteiger partial charge is 0.378 e. The third-order valence-corrected chi connectivity index (χ3v) is 4.97. The highest BCUT2D eigenvalue weighted by atomic mass is 16.5. The van der Waals surface area contributed by atoms with Gasteiger partial charge in [0, 0.05) is 37.6 Å². The maximum atomic E-state index is 12.4. The Bertz CT molecular complexity index is 831. The first kappa shape index (κ1) is 17.7. The van der Waals surface area contributed by atoms with E-state index in [4.69, 9.17) is 4.74 Å². The Labute approximate surface area is 146 Å². The van der Waals surface area contributed by atoms with Crippen molar-refractivity contribution in [3.8, 4) is 0 Å². The van der Waals surface area contributed by atoms with Crippen molar-refractivity contribution in [2.45, 2.75) is 52.1 Å². The smallest absolute Gasteiger partial charge is 0.253 e. The molecule has 1 saturated heterocycles. The topological polar surface area (TPSA) is 89.0 Å². The van der Waals surface area contributed by atoms with E-state index in [1.54, 1.807) is 4.68 Å². The number of amides is 1. The van der Waals surface area contributed by atoms with Crippen LogP contribution in [0.1, 0.15) is 42.5 Å². The summed E-state index contributed by atoms with van der Waals surface area (Å²) < 4.78 is 7.23. The number of rotatable bonds is 6. The van der Waals surface area contributed by atoms with Crippen molar-refractivity contribution in [1.29, 1.82) is 0 Å². The summed E-state index contributed by atoms with van der Waals surface area (Å²) >= 11 is 0. The van der Waals surface area contributed by atoms with E-state index in [1.165, 1.54) is 0 Å². The maximum Gasteiger partial charge on any atom is 0.253 e. The number of fused-ring (bicyclic) bond motifs is 1. The van der Waals surface area contributed by atoms with E-state index in [1.807, 2.05) is 20.9 Å². The summed E-state index contributed by atoms with van der Waals surface area (Å²) in [4.78, 5) is 27.3. The molecule has 7 heteroatoms. The van der Waals surface area contributed by atoms with Gasteiger partial charge in [0.15, 0.2) is 0 Å². The molecule has 3 heterocycles. The van der Waals surface area contributed by atoms with Gasteiger partial charge in [-0.15, -0.1) is 0 Å². The average Bonchev–Trinajstić information content (AvgIpc) is 3.16. The van der Waals surface area contributed by atoms with Crippen molar-refractivity contribution in [2.75, 3.05) is 13.2 Å². The zero-order valence-electron chi connectivity index (χ0n) is 15.1. The molecular formula is C18H26N4O3. The quantitative estimate of drug-likeness (QED) is 0.829. The van der Waals surface area contributed by atoms with E-state index < -0.39 is 0 Å². The number of carbonyl (C=O) groups excluding carboxylic acids is 1. The second-order valence-electron chi connectivity index (χ2n) is 6.76. The van der Waals surface area contributed by atoms with E-state index in [2.05, 4.69) is 15.4 Å². The van der Waals surface area contributed by atoms with Gasteiger partial charge in [0.25, 0.3) is 5.56 Å². The number of aromatic nitrogens is 3. The molecule has 1 aliphatic rings. The molecule has 0 spiro atoms. The molecule has 3 rings (SSSR count). The number of H-pyrrole nitrogens is 1. The molecule has 0 aliphatic carbocycles. The number of aryl methyl sites for hydroxylation is 3. The van der Waals surface area contributed by atoms with Gasteiger partial charge < -0.3 is 15.0 Å². The fourth-order valence-corrected chi connectivity index (χ4v) is 3.63. The molecular weight excluding hydrogens is 320 g/mol. The molecule has 0 saturated carbocycles. The van der Waals surface area contributed by atoms with Gasteiger partial charge in [-0.2, -0.15) is 5.10 Å². The van der Waals surface area contributed by atoms with Gasteiger partial charge in [-0.1, -0.05) is 0 Å². The molecule has 136 valence electrons. The van der Waals surface area contributed by atoms with Crippen LogP contribution in [0.25, 0.3) is 11.0 Å². The normalized spacial score (nSPS) is 17.3. The third kappa shape index (κ3) is 3.76. The van der Waals surface area contributed by atoms with Crippen LogP contribution in [0, 0.1) is 13.8 Å². The van der Waals surface area contributed by atoms with Gasteiger partial charge >= 0.3 is 0 Å². The van der Waals surface area contributed by atoms with Crippen LogP contribution in [-0.2, 0) is 23.0 Å². The predicted molar refractivity (Wildman–Crippen MR) is 95.7 cm³/mol. The zero-order chi connectivity index (χ0) is 18.0. The lowest BCUT2D eigenvalue weighted by Gasteiger charge is -2.10. The second-order valence-corrected chi connectivity index (χ2v) is 6.76. The molecule has 0 radical (unpaired) electrons. The SMILES string of the molecule is Cc1nn(C)c2[nH]c(=O)c(CCC(=O)NCC[C@@H]3CCCO3)c(C)c12. The van der Waals surface area contributed by atoms with E-state index in [-0.39, 0.29) is 17.6 Å². The van der Waals surface area contributed by atoms with Gasteiger partial charge in [0.2, 0.25) is 5.91 Å². The standard InChI is InChI=1S/C18H26N4O3/c1-11-14(18(24)20-17-16(11)12(2)21-22(17)3)6-7-15(23)19-9-8-13-5-4-10-25-13/h13H,4-10H2,1-3H3,(H,19,23)(H,20,24)/t13-/m0/s1. The summed E-state index contributed by atoms with van der Waals surface area (Å²) in [6.07, 6.45) is 4.05. The minimum Gasteiger partial charge on any atom is -0.378 e. The first-order chi connectivity index (χ1) is 12.0. The molecule has 1 atom stereocenters. The molecule has 0 bridgehead atoms. The third-order valence-electron chi connectivity index (χ3n) is 4.97. The Hall–Kier alpha value is -2.15. The van der Waals surface area contributed by atoms with Crippen LogP contribution in [-0.4, -0.2) is 39.9 Å². The van der Waals surface area contributed by atoms with Gasteiger partial charge in [-0.05, 0) is 45.1 Å². The molecule has 1 amide bonds. The van der Waals surface area contributed by atoms with E-state index in [0.29, 0.717) is 24.9 Å². The number of pyridine rings is 1. The lowest BCUT2D eigenvalue weighted by Crippen LogP contribution is -2.28. The van der Waals surface area contributed by atoms with Gasteiger partial charge in [0.1, 0.15) is 5.65 Å². The predicted octanol–water partition coefficient (Wildman–Crippen LogP) is 1.50. The van der Waals surface area contributed by atoms with Crippen LogP contribution >= 0.6 is 0 Å². The summed E-state index contributed by atoms with van der Waals surface area (Å²) in [5, 5.41) is 8.25. The summed E-state index contributed by atoms with van der Waals surface area (Å²) in [5.41, 5.74) is 3.05. The Morgan fingerprint density at radius 3 is 2.96 bits per heavy atom. The van der Waals surface area contributed by atoms with Crippen molar-refractivity contribution in [1.82, 2.24) is 20.1 Å². The number of hydrogen-bond acceptors (Lipinski definition) is 4. The molecule has 7 nitrogen and oxygen atoms in total. The molecule has 0 aromatic carbocycles. The summed E-state index contributed by atoms with van der Waals surface area (Å²) in [5.74, 6) is -0.0280. The summed E-state index contributed by atoms with van der Waals surface area (Å²) in [6, 6.07) is 0. The number of nitrogens with zero attached hydrogens (tertiary/aromatic N) is 2. The second kappa shape index (κ2) is 7.39. The van der Waals surface area contributed by atoms with Crippen LogP contribution in [0.15, 0.2) is 4.79 Å². The Morgan fingerprint density at radius 1 is 1.44 bits per heavy atom. The molecule has 2 aromatic heterocycles. The fourth-order valence-electron chi connectivity index (χ4n) is 3.63. The van der Waals surface area contributed by atoms with Crippen molar-refractivity contribution in [2.24, 2.45) is 7.05 Å². The van der Waals surface area contributed by atoms with Crippen molar-refractivity contribution >= 4 is 16.9 Å². The Kier molecular flexibility index (Phi) is 5.22. The number of hydrogen-bond donors (Lipinski definition) is 2. The molecule has 2 aromatic rings. The minimum atomic E-state index is -0.139. The highest BCUT2D eigenvalue weighted by molar-refractivity contribution is 5.83. The highest BCUT2D eigenvalue weighted by Crippen LogP contribution is 2.21. The van der Waals surface area contributed by atoms with E-state index in [0.717, 1.165) is 48.2 Å². The van der Waals surface area contributed by atoms with Crippen molar-refractivity contribution in [3.05, 3.63) is 27.2 Å². The number of ether oxygens (including phenoxy) is 1. The molecule has 1 aliphatic heterocycles. The zero-order valence-corrected chi connectivity index (χ0v) is 15.1. The first-order valence-electron chi connectivity index (χ1n) is 8.90. The van der Waals surface area contributed by atoms with Crippen LogP contribution in [0.5, 0.6) is 0 Å². The van der Waals surface area contributed by atoms with Crippen LogP contribution in [0.3, 0.4) is 0 Å². The lowest BCUT2D eigenvalue weighted by atomic mass is 10.0. The minimum absolute atomic E-state index is 0.0280. The van der Waals surface area contributed by atoms with Gasteiger partial charge in [-0.25, -0.2) is 0 Å². The molecule has 25 heavy (non-hydrogen) atoms. The Balaban J connectivity index is 1.61. The molecule has 1 fully saturated rings. The monoisotopic (exact) mass is 346 g/mol. The summed E-state index contributed by atoms with van der Waals surface area (Å²) in [7, 11) is 1.81. The average molecular weight is 346 g/mol. The molecule has 0 unspecified atom stereocenters. The number of nitrogens with one attached hydrogen (secondary N) is 2. The van der Waals surface area contributed by atoms with Crippen molar-refractivity contribution < 1.29 is 9.53 Å². The first-order valence-corrected chi connectivity index (χ1v) is 8.90. The van der Waals surface area contributed by atoms with Gasteiger partial charge in [-0.3, -0.25) is 14.3 Å². The van der Waals surface area contributed by atoms with Crippen molar-refractivity contribution in [3.63, 3.8) is 0 Å². The Morgan fingerprint density at radius 2 is 2.24 bits per heavy atom. The van der Waals surface area contributed by atoms with E-state index >= 15 is 0 Å². The molecule has 2 N–H and O–H groups in total. The van der Waals surface area contributed by atoms with Crippen LogP contribution in [0.4, 0.5) is 0 Å². The van der Waals surface area contributed by atoms with Gasteiger partial charge in [0.05, 0.1) is 11.8 Å². The number of aromatic amines is 1. The van der Waals surface area contributed by atoms with E-state index in [9.17, 15) is 9.59 Å². The maximum absolute atomic E-state index is 12.4. The highest BCUT2D eigenvalue weighted by Gasteiger charge is 2.17. The lowest BCUT2D eigenvalue weighted by molar-refractivity contribution is -0.121. The summed E-state index contributed by atoms with van der Waals surface area (Å²) in [6.45, 7) is 5.31. The van der Waals surface area contributed by atoms with Crippen LogP contribution in [0.2, 0.25) is 0 Å². The number of carbonyl (C=O) groups is 1. The fraction of sp³-hybridized carbons (Fsp3) is 0.611.